The van der Waals surface area contributed by atoms with Gasteiger partial charge in [0.2, 0.25) is 5.70 Å². The molecule has 2 N–H and O–H groups in total. The lowest BCUT2D eigenvalue weighted by Gasteiger charge is -2.26. The highest BCUT2D eigenvalue weighted by atomic mass is 16.5. The number of allylic oxidation sites excluding steroid dienone is 4. The molecule has 1 unspecified atom stereocenters. The molecule has 23 heavy (non-hydrogen) atoms. The maximum atomic E-state index is 9.99. The summed E-state index contributed by atoms with van der Waals surface area (Å²) in [6.07, 6.45) is 3.48. The lowest BCUT2D eigenvalue weighted by atomic mass is 10.2. The summed E-state index contributed by atoms with van der Waals surface area (Å²) in [5.41, 5.74) is 6.87. The van der Waals surface area contributed by atoms with Crippen LogP contribution >= 0.6 is 0 Å². The average Bonchev–Trinajstić information content (AvgIpc) is 2.61. The summed E-state index contributed by atoms with van der Waals surface area (Å²) in [4.78, 5) is 0. The summed E-state index contributed by atoms with van der Waals surface area (Å²) in [6.45, 7) is 0. The Kier molecular flexibility index (Phi) is 4.57. The maximum absolute atomic E-state index is 9.99. The van der Waals surface area contributed by atoms with Crippen LogP contribution in [0.5, 0.6) is 0 Å². The number of nitrogens with zero attached hydrogens (tertiary/aromatic N) is 1. The highest BCUT2D eigenvalue weighted by Crippen LogP contribution is 2.06. The Labute approximate surface area is 135 Å². The van der Waals surface area contributed by atoms with Crippen molar-refractivity contribution < 1.29 is 10.4 Å². The first kappa shape index (κ1) is 14.7. The van der Waals surface area contributed by atoms with Crippen LogP contribution in [-0.4, -0.2) is 5.21 Å². The molecule has 0 radical (unpaired) electrons. The molecule has 0 saturated heterocycles. The molecular weight excluding hydrogens is 284 g/mol. The molecule has 2 aromatic carbocycles. The predicted octanol–water partition coefficient (Wildman–Crippen LogP) is 2.43. The third-order valence-electron chi connectivity index (χ3n) is 3.10. The first-order valence-electron chi connectivity index (χ1n) is 7.15. The zero-order chi connectivity index (χ0) is 15.9. The minimum atomic E-state index is -0.103. The van der Waals surface area contributed by atoms with E-state index in [1.807, 2.05) is 60.7 Å². The third kappa shape index (κ3) is 4.12. The van der Waals surface area contributed by atoms with Crippen molar-refractivity contribution in [2.45, 2.75) is 0 Å². The molecule has 110 valence electrons. The van der Waals surface area contributed by atoms with E-state index in [2.05, 4.69) is 29.1 Å². The highest BCUT2D eigenvalue weighted by Gasteiger charge is 2.06. The van der Waals surface area contributed by atoms with Gasteiger partial charge < -0.3 is 5.43 Å². The van der Waals surface area contributed by atoms with Crippen molar-refractivity contribution in [3.63, 3.8) is 0 Å². The van der Waals surface area contributed by atoms with Crippen molar-refractivity contribution in [3.05, 3.63) is 101 Å². The summed E-state index contributed by atoms with van der Waals surface area (Å²) in [7, 11) is 0. The van der Waals surface area contributed by atoms with Crippen LogP contribution in [0.4, 0.5) is 0 Å². The molecule has 1 atom stereocenters. The van der Waals surface area contributed by atoms with Crippen molar-refractivity contribution in [2.75, 3.05) is 0 Å². The molecule has 0 saturated carbocycles. The van der Waals surface area contributed by atoms with Crippen LogP contribution in [-0.2, 0) is 0 Å². The second-order valence-electron chi connectivity index (χ2n) is 4.80. The van der Waals surface area contributed by atoms with Crippen molar-refractivity contribution in [2.24, 2.45) is 0 Å². The molecule has 1 aliphatic heterocycles. The van der Waals surface area contributed by atoms with Crippen LogP contribution in [0.1, 0.15) is 11.1 Å². The molecule has 0 amide bonds. The predicted molar refractivity (Wildman–Crippen MR) is 88.9 cm³/mol. The monoisotopic (exact) mass is 298 g/mol. The van der Waals surface area contributed by atoms with E-state index in [1.54, 1.807) is 12.2 Å². The van der Waals surface area contributed by atoms with Crippen LogP contribution in [0.3, 0.4) is 0 Å². The largest absolute Gasteiger partial charge is 0.439 e. The van der Waals surface area contributed by atoms with Gasteiger partial charge in [-0.05, 0) is 35.9 Å². The van der Waals surface area contributed by atoms with E-state index in [-0.39, 0.29) is 5.17 Å². The molecule has 0 bridgehead atoms. The lowest BCUT2D eigenvalue weighted by molar-refractivity contribution is -1.02. The van der Waals surface area contributed by atoms with E-state index in [0.717, 1.165) is 11.1 Å². The Hall–Kier alpha value is -3.24. The van der Waals surface area contributed by atoms with E-state index in [9.17, 15) is 5.21 Å². The summed E-state index contributed by atoms with van der Waals surface area (Å²) < 4.78 is 0. The van der Waals surface area contributed by atoms with Crippen LogP contribution < -0.4 is 5.17 Å². The van der Waals surface area contributed by atoms with Gasteiger partial charge in [0.1, 0.15) is 0 Å². The molecular formula is C20H14N2O. The average molecular weight is 298 g/mol. The van der Waals surface area contributed by atoms with Gasteiger partial charge in [-0.3, -0.25) is 0 Å². The Bertz CT molecular complexity index is 860. The zero-order valence-corrected chi connectivity index (χ0v) is 12.3. The van der Waals surface area contributed by atoms with Gasteiger partial charge in [0.15, 0.2) is 0 Å². The van der Waals surface area contributed by atoms with E-state index in [0.29, 0.717) is 11.4 Å². The molecule has 0 aromatic heterocycles. The fourth-order valence-electron chi connectivity index (χ4n) is 1.93. The van der Waals surface area contributed by atoms with Crippen LogP contribution in [0, 0.1) is 23.7 Å². The Morgan fingerprint density at radius 1 is 0.696 bits per heavy atom. The number of hydrogen-bond donors (Lipinski definition) is 2. The SMILES string of the molecule is O[NH+]1[N-]C(C#Cc2ccccc2)=CC=C1C#Cc1ccccc1. The standard InChI is InChI=1S/C20H14N2O/c23-22-20(15-12-18-9-5-2-6-10-18)16-14-19(21-22)13-11-17-7-3-1-4-8-17/h1-10,14,16,22-23H. The summed E-state index contributed by atoms with van der Waals surface area (Å²) in [5, 5.41) is 9.88. The van der Waals surface area contributed by atoms with E-state index in [4.69, 9.17) is 0 Å². The normalized spacial score (nSPS) is 15.8. The van der Waals surface area contributed by atoms with Crippen LogP contribution in [0.15, 0.2) is 84.2 Å². The number of hydrogen-bond acceptors (Lipinski definition) is 1. The summed E-state index contributed by atoms with van der Waals surface area (Å²) in [6, 6.07) is 19.2. The van der Waals surface area contributed by atoms with Gasteiger partial charge in [0.05, 0.1) is 0 Å². The Morgan fingerprint density at radius 3 is 1.83 bits per heavy atom. The molecule has 3 nitrogen and oxygen atoms in total. The number of quaternary nitrogens is 1. The van der Waals surface area contributed by atoms with Gasteiger partial charge in [-0.25, -0.2) is 5.21 Å². The molecule has 2 aromatic rings. The molecule has 3 heteroatoms. The number of hydroxylamine groups is 1. The second-order valence-corrected chi connectivity index (χ2v) is 4.80. The van der Waals surface area contributed by atoms with Crippen LogP contribution in [0.2, 0.25) is 0 Å². The molecule has 3 rings (SSSR count). The van der Waals surface area contributed by atoms with Gasteiger partial charge in [0.25, 0.3) is 0 Å². The minimum absolute atomic E-state index is 0.103. The van der Waals surface area contributed by atoms with Gasteiger partial charge in [-0.15, -0.1) is 0 Å². The topological polar surface area (TPSA) is 38.8 Å². The van der Waals surface area contributed by atoms with E-state index in [1.165, 1.54) is 0 Å². The minimum Gasteiger partial charge on any atom is -0.439 e. The Morgan fingerprint density at radius 2 is 1.26 bits per heavy atom. The fraction of sp³-hybridized carbons (Fsp3) is 0. The molecule has 0 spiro atoms. The number of nitrogens with one attached hydrogen (secondary N) is 1. The van der Waals surface area contributed by atoms with Gasteiger partial charge >= 0.3 is 0 Å². The quantitative estimate of drug-likeness (QED) is 0.720. The summed E-state index contributed by atoms with van der Waals surface area (Å²) >= 11 is 0. The maximum Gasteiger partial charge on any atom is 0.209 e. The zero-order valence-electron chi connectivity index (χ0n) is 12.3. The fourth-order valence-corrected chi connectivity index (χ4v) is 1.93. The third-order valence-corrected chi connectivity index (χ3v) is 3.10. The van der Waals surface area contributed by atoms with Gasteiger partial charge in [-0.1, -0.05) is 60.2 Å². The smallest absolute Gasteiger partial charge is 0.209 e. The molecule has 1 aliphatic rings. The highest BCUT2D eigenvalue weighted by molar-refractivity contribution is 5.47. The van der Waals surface area contributed by atoms with Gasteiger partial charge in [-0.2, -0.15) is 5.17 Å². The first-order chi connectivity index (χ1) is 11.3. The lowest BCUT2D eigenvalue weighted by Crippen LogP contribution is -3.03. The first-order valence-corrected chi connectivity index (χ1v) is 7.15. The van der Waals surface area contributed by atoms with Crippen LogP contribution in [0.25, 0.3) is 5.43 Å². The summed E-state index contributed by atoms with van der Waals surface area (Å²) in [5.74, 6) is 11.9. The van der Waals surface area contributed by atoms with E-state index >= 15 is 0 Å². The molecule has 0 fully saturated rings. The number of benzene rings is 2. The second kappa shape index (κ2) is 7.15. The van der Waals surface area contributed by atoms with E-state index < -0.39 is 0 Å². The van der Waals surface area contributed by atoms with Crippen molar-refractivity contribution in [3.8, 4) is 23.7 Å². The van der Waals surface area contributed by atoms with Gasteiger partial charge in [0, 0.05) is 17.2 Å². The molecule has 0 aliphatic carbocycles. The Balaban J connectivity index is 1.76. The molecule has 1 heterocycles. The van der Waals surface area contributed by atoms with Crippen molar-refractivity contribution >= 4 is 0 Å². The number of rotatable bonds is 0. The van der Waals surface area contributed by atoms with Crippen molar-refractivity contribution in [1.82, 2.24) is 0 Å². The van der Waals surface area contributed by atoms with Crippen molar-refractivity contribution in [1.29, 1.82) is 0 Å².